The summed E-state index contributed by atoms with van der Waals surface area (Å²) in [6.07, 6.45) is 9.61. The van der Waals surface area contributed by atoms with Gasteiger partial charge < -0.3 is 15.3 Å². The number of hydrogen-bond donors (Lipinski definition) is 2. The molecule has 2 aromatic rings. The molecule has 1 unspecified atom stereocenters. The highest BCUT2D eigenvalue weighted by Gasteiger charge is 2.53. The van der Waals surface area contributed by atoms with Gasteiger partial charge in [0, 0.05) is 26.2 Å². The van der Waals surface area contributed by atoms with E-state index >= 15 is 0 Å². The van der Waals surface area contributed by atoms with Crippen molar-refractivity contribution < 1.29 is 14.7 Å². The Morgan fingerprint density at radius 1 is 0.949 bits per heavy atom. The molecule has 1 aliphatic carbocycles. The number of likely N-dealkylation sites (tertiary alicyclic amines) is 1. The molecule has 1 saturated carbocycles. The van der Waals surface area contributed by atoms with Crippen LogP contribution in [-0.2, 0) is 16.1 Å². The lowest BCUT2D eigenvalue weighted by atomic mass is 9.79. The first kappa shape index (κ1) is 27.9. The van der Waals surface area contributed by atoms with Gasteiger partial charge >= 0.3 is 0 Å². The Hall–Kier alpha value is -2.70. The van der Waals surface area contributed by atoms with Gasteiger partial charge in [0.1, 0.15) is 17.7 Å². The molecule has 6 nitrogen and oxygen atoms in total. The number of benzene rings is 2. The third kappa shape index (κ3) is 6.22. The van der Waals surface area contributed by atoms with Crippen LogP contribution in [0, 0.1) is 5.92 Å². The van der Waals surface area contributed by atoms with Gasteiger partial charge in [-0.1, -0.05) is 100 Å². The van der Waals surface area contributed by atoms with Gasteiger partial charge in [0.15, 0.2) is 0 Å². The Labute approximate surface area is 233 Å². The molecule has 2 N–H and O–H groups in total. The first-order valence-corrected chi connectivity index (χ1v) is 15.2. The molecule has 39 heavy (non-hydrogen) atoms. The van der Waals surface area contributed by atoms with Gasteiger partial charge in [0.05, 0.1) is 0 Å². The van der Waals surface area contributed by atoms with Crippen LogP contribution in [0.15, 0.2) is 54.6 Å². The molecular formula is C33H45N3O3. The zero-order valence-electron chi connectivity index (χ0n) is 23.5. The summed E-state index contributed by atoms with van der Waals surface area (Å²) in [6.45, 7) is 5.19. The van der Waals surface area contributed by atoms with Crippen LogP contribution in [0.25, 0.3) is 0 Å². The molecule has 6 heteroatoms. The number of piperidine rings is 1. The van der Waals surface area contributed by atoms with Crippen molar-refractivity contribution in [3.05, 3.63) is 71.3 Å². The fraction of sp³-hybridized carbons (Fsp3) is 0.576. The predicted molar refractivity (Wildman–Crippen MR) is 154 cm³/mol. The van der Waals surface area contributed by atoms with E-state index in [2.05, 4.69) is 29.3 Å². The molecule has 0 aromatic heterocycles. The summed E-state index contributed by atoms with van der Waals surface area (Å²) in [5, 5.41) is 13.9. The van der Waals surface area contributed by atoms with Crippen LogP contribution >= 0.6 is 0 Å². The van der Waals surface area contributed by atoms with Gasteiger partial charge in [-0.25, -0.2) is 0 Å². The molecule has 2 atom stereocenters. The van der Waals surface area contributed by atoms with E-state index in [9.17, 15) is 14.7 Å². The van der Waals surface area contributed by atoms with Crippen molar-refractivity contribution in [1.82, 2.24) is 15.1 Å². The number of carbonyl (C=O) groups is 2. The molecular weight excluding hydrogens is 486 g/mol. The molecule has 0 bridgehead atoms. The number of aliphatic hydroxyl groups is 1. The normalized spacial score (nSPS) is 23.1. The lowest BCUT2D eigenvalue weighted by molar-refractivity contribution is -0.162. The molecule has 1 spiro atoms. The molecule has 2 heterocycles. The SMILES string of the molecule is CCCCN1C(=O)[C@H](CC2CCCCC2)NC(=O)C12CCN(Cc1ccc(C(O)c3ccccc3)cc1)CC2. The first-order valence-electron chi connectivity index (χ1n) is 15.2. The maximum Gasteiger partial charge on any atom is 0.246 e. The predicted octanol–water partition coefficient (Wildman–Crippen LogP) is 5.20. The largest absolute Gasteiger partial charge is 0.384 e. The zero-order chi connectivity index (χ0) is 27.2. The highest BCUT2D eigenvalue weighted by Crippen LogP contribution is 2.36. The fourth-order valence-electron chi connectivity index (χ4n) is 6.90. The number of hydrogen-bond acceptors (Lipinski definition) is 4. The average molecular weight is 532 g/mol. The summed E-state index contributed by atoms with van der Waals surface area (Å²) >= 11 is 0. The van der Waals surface area contributed by atoms with E-state index in [-0.39, 0.29) is 17.9 Å². The van der Waals surface area contributed by atoms with Crippen LogP contribution in [0.1, 0.15) is 93.9 Å². The second kappa shape index (κ2) is 12.6. The van der Waals surface area contributed by atoms with Crippen LogP contribution in [0.4, 0.5) is 0 Å². The van der Waals surface area contributed by atoms with Crippen molar-refractivity contribution in [3.8, 4) is 0 Å². The van der Waals surface area contributed by atoms with E-state index in [4.69, 9.17) is 0 Å². The van der Waals surface area contributed by atoms with E-state index in [1.165, 1.54) is 37.7 Å². The van der Waals surface area contributed by atoms with Crippen LogP contribution in [0.3, 0.4) is 0 Å². The summed E-state index contributed by atoms with van der Waals surface area (Å²) in [4.78, 5) is 31.8. The van der Waals surface area contributed by atoms with E-state index in [1.54, 1.807) is 0 Å². The molecule has 3 aliphatic rings. The Morgan fingerprint density at radius 2 is 1.62 bits per heavy atom. The van der Waals surface area contributed by atoms with Gasteiger partial charge in [0.2, 0.25) is 11.8 Å². The molecule has 0 radical (unpaired) electrons. The first-order chi connectivity index (χ1) is 19.0. The number of carbonyl (C=O) groups excluding carboxylic acids is 2. The van der Waals surface area contributed by atoms with Crippen LogP contribution in [-0.4, -0.2) is 57.9 Å². The van der Waals surface area contributed by atoms with Gasteiger partial charge in [-0.3, -0.25) is 14.5 Å². The van der Waals surface area contributed by atoms with Crippen molar-refractivity contribution in [1.29, 1.82) is 0 Å². The lowest BCUT2D eigenvalue weighted by Crippen LogP contribution is -2.73. The monoisotopic (exact) mass is 531 g/mol. The Morgan fingerprint density at radius 3 is 2.28 bits per heavy atom. The van der Waals surface area contributed by atoms with Crippen molar-refractivity contribution >= 4 is 11.8 Å². The number of nitrogens with one attached hydrogen (secondary N) is 1. The molecule has 5 rings (SSSR count). The lowest BCUT2D eigenvalue weighted by Gasteiger charge is -2.52. The highest BCUT2D eigenvalue weighted by atomic mass is 16.3. The van der Waals surface area contributed by atoms with Crippen molar-refractivity contribution in [2.75, 3.05) is 19.6 Å². The highest BCUT2D eigenvalue weighted by molar-refractivity contribution is 6.00. The maximum atomic E-state index is 13.8. The van der Waals surface area contributed by atoms with Crippen LogP contribution in [0.2, 0.25) is 0 Å². The van der Waals surface area contributed by atoms with E-state index < -0.39 is 11.6 Å². The summed E-state index contributed by atoms with van der Waals surface area (Å²) in [6, 6.07) is 17.5. The Kier molecular flexibility index (Phi) is 9.03. The average Bonchev–Trinajstić information content (AvgIpc) is 2.98. The van der Waals surface area contributed by atoms with Crippen LogP contribution < -0.4 is 5.32 Å². The van der Waals surface area contributed by atoms with Crippen LogP contribution in [0.5, 0.6) is 0 Å². The second-order valence-corrected chi connectivity index (χ2v) is 12.0. The van der Waals surface area contributed by atoms with Crippen molar-refractivity contribution in [2.45, 2.75) is 95.4 Å². The van der Waals surface area contributed by atoms with E-state index in [0.717, 1.165) is 50.0 Å². The minimum Gasteiger partial charge on any atom is -0.384 e. The van der Waals surface area contributed by atoms with E-state index in [0.29, 0.717) is 25.3 Å². The third-order valence-electron chi connectivity index (χ3n) is 9.34. The third-order valence-corrected chi connectivity index (χ3v) is 9.34. The standard InChI is InChI=1S/C33H45N3O3/c1-2-3-20-36-31(38)29(23-25-10-6-4-7-11-25)34-32(39)33(36)18-21-35(22-19-33)24-26-14-16-28(17-15-26)30(37)27-12-8-5-9-13-27/h5,8-9,12-17,25,29-30,37H,2-4,6-7,10-11,18-24H2,1H3,(H,34,39)/t29-,30?/m0/s1. The zero-order valence-corrected chi connectivity index (χ0v) is 23.5. The number of nitrogens with zero attached hydrogens (tertiary/aromatic N) is 2. The molecule has 2 saturated heterocycles. The maximum absolute atomic E-state index is 13.8. The number of unbranched alkanes of at least 4 members (excludes halogenated alkanes) is 1. The second-order valence-electron chi connectivity index (χ2n) is 12.0. The minimum absolute atomic E-state index is 0.0675. The van der Waals surface area contributed by atoms with Gasteiger partial charge in [0.25, 0.3) is 0 Å². The quantitative estimate of drug-likeness (QED) is 0.467. The Balaban J connectivity index is 1.21. The summed E-state index contributed by atoms with van der Waals surface area (Å²) < 4.78 is 0. The molecule has 3 fully saturated rings. The summed E-state index contributed by atoms with van der Waals surface area (Å²) in [5.74, 6) is 0.768. The fourth-order valence-corrected chi connectivity index (χ4v) is 6.90. The number of aliphatic hydroxyl groups excluding tert-OH is 1. The minimum atomic E-state index is -0.713. The van der Waals surface area contributed by atoms with Crippen molar-refractivity contribution in [2.24, 2.45) is 5.92 Å². The molecule has 2 aliphatic heterocycles. The van der Waals surface area contributed by atoms with Crippen molar-refractivity contribution in [3.63, 3.8) is 0 Å². The number of piperazine rings is 1. The van der Waals surface area contributed by atoms with Gasteiger partial charge in [-0.2, -0.15) is 0 Å². The Bertz CT molecular complexity index is 1090. The topological polar surface area (TPSA) is 72.9 Å². The molecule has 2 aromatic carbocycles. The summed E-state index contributed by atoms with van der Waals surface area (Å²) in [5.41, 5.74) is 2.25. The number of amides is 2. The summed E-state index contributed by atoms with van der Waals surface area (Å²) in [7, 11) is 0. The smallest absolute Gasteiger partial charge is 0.246 e. The molecule has 2 amide bonds. The van der Waals surface area contributed by atoms with Gasteiger partial charge in [-0.05, 0) is 48.3 Å². The van der Waals surface area contributed by atoms with E-state index in [1.807, 2.05) is 47.4 Å². The number of rotatable bonds is 9. The molecule has 210 valence electrons. The van der Waals surface area contributed by atoms with Gasteiger partial charge in [-0.15, -0.1) is 0 Å².